The Morgan fingerprint density at radius 2 is 2.10 bits per heavy atom. The SMILES string of the molecule is FC(F)(F)C[N+]1=CCCC1. The molecule has 10 heavy (non-hydrogen) atoms. The third-order valence-electron chi connectivity index (χ3n) is 1.42. The molecule has 1 aliphatic heterocycles. The molecule has 1 rings (SSSR count). The molecule has 0 N–H and O–H groups in total. The van der Waals surface area contributed by atoms with Crippen molar-refractivity contribution in [3.63, 3.8) is 0 Å². The van der Waals surface area contributed by atoms with Gasteiger partial charge in [0.1, 0.15) is 12.8 Å². The van der Waals surface area contributed by atoms with Crippen molar-refractivity contribution in [3.05, 3.63) is 0 Å². The van der Waals surface area contributed by atoms with Crippen molar-refractivity contribution in [3.8, 4) is 0 Å². The fraction of sp³-hybridized carbons (Fsp3) is 0.833. The van der Waals surface area contributed by atoms with Gasteiger partial charge in [-0.05, 0) is 0 Å². The van der Waals surface area contributed by atoms with E-state index in [0.29, 0.717) is 6.54 Å². The molecule has 0 aromatic heterocycles. The minimum Gasteiger partial charge on any atom is -0.230 e. The Morgan fingerprint density at radius 3 is 2.50 bits per heavy atom. The summed E-state index contributed by atoms with van der Waals surface area (Å²) in [5.74, 6) is 0. The molecule has 0 spiro atoms. The molecule has 0 aromatic rings. The molecule has 0 saturated carbocycles. The Morgan fingerprint density at radius 1 is 1.40 bits per heavy atom. The summed E-state index contributed by atoms with van der Waals surface area (Å²) in [4.78, 5) is 0. The van der Waals surface area contributed by atoms with E-state index in [1.54, 1.807) is 6.21 Å². The van der Waals surface area contributed by atoms with E-state index in [4.69, 9.17) is 0 Å². The molecule has 0 atom stereocenters. The van der Waals surface area contributed by atoms with E-state index in [0.717, 1.165) is 12.8 Å². The first-order chi connectivity index (χ1) is 4.58. The smallest absolute Gasteiger partial charge is 0.230 e. The summed E-state index contributed by atoms with van der Waals surface area (Å²) < 4.78 is 36.3. The van der Waals surface area contributed by atoms with Gasteiger partial charge in [0, 0.05) is 12.8 Å². The Kier molecular flexibility index (Phi) is 1.97. The average Bonchev–Trinajstić information content (AvgIpc) is 2.12. The van der Waals surface area contributed by atoms with Crippen LogP contribution in [0.15, 0.2) is 0 Å². The standard InChI is InChI=1S/C6H9F3N/c7-6(8,9)5-10-3-1-2-4-10/h3H,1-2,4-5H2/q+1. The van der Waals surface area contributed by atoms with Crippen LogP contribution in [0.5, 0.6) is 0 Å². The van der Waals surface area contributed by atoms with Crippen LogP contribution in [0, 0.1) is 0 Å². The first-order valence-corrected chi connectivity index (χ1v) is 3.22. The first kappa shape index (κ1) is 7.57. The lowest BCUT2D eigenvalue weighted by Gasteiger charge is -2.01. The van der Waals surface area contributed by atoms with E-state index in [1.807, 2.05) is 0 Å². The van der Waals surface area contributed by atoms with Gasteiger partial charge in [-0.3, -0.25) is 0 Å². The lowest BCUT2D eigenvalue weighted by atomic mass is 10.4. The van der Waals surface area contributed by atoms with Gasteiger partial charge in [0.2, 0.25) is 6.54 Å². The number of hydrogen-bond acceptors (Lipinski definition) is 0. The zero-order valence-electron chi connectivity index (χ0n) is 5.49. The van der Waals surface area contributed by atoms with Crippen LogP contribution >= 0.6 is 0 Å². The van der Waals surface area contributed by atoms with Crippen molar-refractivity contribution in [2.75, 3.05) is 13.1 Å². The second kappa shape index (κ2) is 2.60. The van der Waals surface area contributed by atoms with Crippen LogP contribution < -0.4 is 0 Å². The molecule has 1 nitrogen and oxygen atoms in total. The monoisotopic (exact) mass is 152 g/mol. The van der Waals surface area contributed by atoms with Gasteiger partial charge in [0.05, 0.1) is 0 Å². The number of halogens is 3. The maximum Gasteiger partial charge on any atom is 0.448 e. The van der Waals surface area contributed by atoms with Crippen LogP contribution in [0.25, 0.3) is 0 Å². The summed E-state index contributed by atoms with van der Waals surface area (Å²) in [7, 11) is 0. The number of nitrogens with zero attached hydrogens (tertiary/aromatic N) is 1. The molecule has 0 bridgehead atoms. The quantitative estimate of drug-likeness (QED) is 0.500. The maximum atomic E-state index is 11.6. The van der Waals surface area contributed by atoms with Crippen molar-refractivity contribution in [2.24, 2.45) is 0 Å². The van der Waals surface area contributed by atoms with Crippen molar-refractivity contribution >= 4 is 6.21 Å². The molecule has 4 heteroatoms. The minimum absolute atomic E-state index is 0.555. The van der Waals surface area contributed by atoms with Crippen LogP contribution in [0.4, 0.5) is 13.2 Å². The molecule has 0 fully saturated rings. The van der Waals surface area contributed by atoms with Gasteiger partial charge in [-0.2, -0.15) is 13.2 Å². The van der Waals surface area contributed by atoms with Crippen molar-refractivity contribution in [2.45, 2.75) is 19.0 Å². The molecule has 0 amide bonds. The van der Waals surface area contributed by atoms with Crippen molar-refractivity contribution < 1.29 is 17.7 Å². The van der Waals surface area contributed by atoms with Gasteiger partial charge in [-0.25, -0.2) is 4.58 Å². The first-order valence-electron chi connectivity index (χ1n) is 3.22. The van der Waals surface area contributed by atoms with E-state index in [9.17, 15) is 13.2 Å². The van der Waals surface area contributed by atoms with Crippen LogP contribution in [0.3, 0.4) is 0 Å². The third-order valence-corrected chi connectivity index (χ3v) is 1.42. The van der Waals surface area contributed by atoms with Gasteiger partial charge in [-0.1, -0.05) is 0 Å². The Hall–Kier alpha value is -0.540. The highest BCUT2D eigenvalue weighted by atomic mass is 19.4. The summed E-state index contributed by atoms with van der Waals surface area (Å²) in [6, 6.07) is 0. The third kappa shape index (κ3) is 2.37. The number of hydrogen-bond donors (Lipinski definition) is 0. The molecular formula is C6H9F3N+. The molecule has 1 aliphatic rings. The molecule has 0 unspecified atom stereocenters. The Labute approximate surface area is 57.2 Å². The predicted molar refractivity (Wildman–Crippen MR) is 31.3 cm³/mol. The number of alkyl halides is 3. The van der Waals surface area contributed by atoms with E-state index < -0.39 is 12.7 Å². The summed E-state index contributed by atoms with van der Waals surface area (Å²) in [5, 5.41) is 0. The van der Waals surface area contributed by atoms with Crippen molar-refractivity contribution in [1.29, 1.82) is 0 Å². The zero-order chi connectivity index (χ0) is 7.61. The topological polar surface area (TPSA) is 3.01 Å². The van der Waals surface area contributed by atoms with Crippen molar-refractivity contribution in [1.82, 2.24) is 0 Å². The summed E-state index contributed by atoms with van der Waals surface area (Å²) >= 11 is 0. The highest BCUT2D eigenvalue weighted by Crippen LogP contribution is 2.15. The largest absolute Gasteiger partial charge is 0.448 e. The second-order valence-corrected chi connectivity index (χ2v) is 2.41. The van der Waals surface area contributed by atoms with E-state index in [-0.39, 0.29) is 0 Å². The predicted octanol–water partition coefficient (Wildman–Crippen LogP) is 1.43. The fourth-order valence-electron chi connectivity index (χ4n) is 1.03. The molecule has 0 saturated heterocycles. The van der Waals surface area contributed by atoms with Crippen LogP contribution in [0.1, 0.15) is 12.8 Å². The summed E-state index contributed by atoms with van der Waals surface area (Å²) in [6.45, 7) is -0.230. The average molecular weight is 152 g/mol. The van der Waals surface area contributed by atoms with Gasteiger partial charge in [0.25, 0.3) is 0 Å². The highest BCUT2D eigenvalue weighted by Gasteiger charge is 2.34. The molecule has 1 heterocycles. The second-order valence-electron chi connectivity index (χ2n) is 2.41. The van der Waals surface area contributed by atoms with E-state index in [2.05, 4.69) is 0 Å². The van der Waals surface area contributed by atoms with Crippen LogP contribution in [-0.4, -0.2) is 30.1 Å². The minimum atomic E-state index is -4.04. The van der Waals surface area contributed by atoms with E-state index in [1.165, 1.54) is 4.58 Å². The lowest BCUT2D eigenvalue weighted by molar-refractivity contribution is -0.547. The highest BCUT2D eigenvalue weighted by molar-refractivity contribution is 5.52. The molecular weight excluding hydrogens is 143 g/mol. The molecule has 0 radical (unpaired) electrons. The van der Waals surface area contributed by atoms with Gasteiger partial charge in [-0.15, -0.1) is 0 Å². The normalized spacial score (nSPS) is 19.3. The zero-order valence-corrected chi connectivity index (χ0v) is 5.49. The Balaban J connectivity index is 2.38. The van der Waals surface area contributed by atoms with E-state index >= 15 is 0 Å². The molecule has 58 valence electrons. The maximum absolute atomic E-state index is 11.6. The number of rotatable bonds is 1. The molecule has 0 aliphatic carbocycles. The summed E-state index contributed by atoms with van der Waals surface area (Å²) in [6.07, 6.45) is -0.777. The lowest BCUT2D eigenvalue weighted by Crippen LogP contribution is -2.25. The van der Waals surface area contributed by atoms with Crippen LogP contribution in [-0.2, 0) is 0 Å². The fourth-order valence-corrected chi connectivity index (χ4v) is 1.03. The van der Waals surface area contributed by atoms with Gasteiger partial charge < -0.3 is 0 Å². The van der Waals surface area contributed by atoms with Crippen LogP contribution in [0.2, 0.25) is 0 Å². The molecule has 0 aromatic carbocycles. The van der Waals surface area contributed by atoms with Gasteiger partial charge >= 0.3 is 6.18 Å². The summed E-state index contributed by atoms with van der Waals surface area (Å²) in [5.41, 5.74) is 0. The Bertz CT molecular complexity index is 148. The van der Waals surface area contributed by atoms with Gasteiger partial charge in [0.15, 0.2) is 0 Å².